The largest absolute Gasteiger partial charge is 0.416 e. The van der Waals surface area contributed by atoms with E-state index in [2.05, 4.69) is 5.32 Å². The molecule has 1 aliphatic heterocycles. The molecule has 2 atom stereocenters. The summed E-state index contributed by atoms with van der Waals surface area (Å²) >= 11 is 0. The highest BCUT2D eigenvalue weighted by Gasteiger charge is 2.42. The predicted octanol–water partition coefficient (Wildman–Crippen LogP) is 5.04. The van der Waals surface area contributed by atoms with Gasteiger partial charge in [0.1, 0.15) is 11.9 Å². The van der Waals surface area contributed by atoms with Crippen molar-refractivity contribution < 1.29 is 43.9 Å². The SMILES string of the molecule is Cc1cc(F)ccc1C1CCCN(S(C)(=O)=O)C1C(=O)NCCc1cc(C(F)(F)F)cc(C(F)(F)F)c1. The van der Waals surface area contributed by atoms with Crippen molar-refractivity contribution in [2.45, 2.75) is 50.5 Å². The molecular formula is C24H25F7N2O3S. The van der Waals surface area contributed by atoms with Crippen molar-refractivity contribution in [3.8, 4) is 0 Å². The van der Waals surface area contributed by atoms with Crippen molar-refractivity contribution in [1.29, 1.82) is 0 Å². The van der Waals surface area contributed by atoms with Gasteiger partial charge in [0.05, 0.1) is 17.4 Å². The van der Waals surface area contributed by atoms with Gasteiger partial charge in [0.15, 0.2) is 0 Å². The van der Waals surface area contributed by atoms with E-state index in [1.807, 2.05) is 0 Å². The Kier molecular flexibility index (Phi) is 8.28. The van der Waals surface area contributed by atoms with Gasteiger partial charge in [0, 0.05) is 19.0 Å². The number of aryl methyl sites for hydroxylation is 1. The normalized spacial score (nSPS) is 19.6. The van der Waals surface area contributed by atoms with Crippen LogP contribution >= 0.6 is 0 Å². The topological polar surface area (TPSA) is 66.5 Å². The van der Waals surface area contributed by atoms with Crippen molar-refractivity contribution in [1.82, 2.24) is 9.62 Å². The molecule has 1 N–H and O–H groups in total. The highest BCUT2D eigenvalue weighted by Crippen LogP contribution is 2.37. The Morgan fingerprint density at radius 3 is 2.14 bits per heavy atom. The fourth-order valence-corrected chi connectivity index (χ4v) is 5.75. The molecule has 2 aromatic carbocycles. The lowest BCUT2D eigenvalue weighted by Crippen LogP contribution is -2.55. The second-order valence-electron chi connectivity index (χ2n) is 9.02. The maximum Gasteiger partial charge on any atom is 0.416 e. The first-order valence-electron chi connectivity index (χ1n) is 11.3. The van der Waals surface area contributed by atoms with Crippen LogP contribution in [-0.4, -0.2) is 44.0 Å². The molecular weight excluding hydrogens is 529 g/mol. The van der Waals surface area contributed by atoms with E-state index in [4.69, 9.17) is 0 Å². The van der Waals surface area contributed by atoms with Crippen molar-refractivity contribution >= 4 is 15.9 Å². The van der Waals surface area contributed by atoms with Gasteiger partial charge in [-0.25, -0.2) is 12.8 Å². The van der Waals surface area contributed by atoms with Gasteiger partial charge >= 0.3 is 12.4 Å². The number of hydrogen-bond acceptors (Lipinski definition) is 3. The molecule has 204 valence electrons. The average Bonchev–Trinajstić information content (AvgIpc) is 2.76. The number of rotatable bonds is 6. The Balaban J connectivity index is 1.86. The number of hydrogen-bond donors (Lipinski definition) is 1. The Labute approximate surface area is 209 Å². The number of amides is 1. The maximum absolute atomic E-state index is 13.6. The number of nitrogens with zero attached hydrogens (tertiary/aromatic N) is 1. The molecule has 5 nitrogen and oxygen atoms in total. The molecule has 0 saturated carbocycles. The van der Waals surface area contributed by atoms with Gasteiger partial charge in [0.2, 0.25) is 15.9 Å². The smallest absolute Gasteiger partial charge is 0.354 e. The molecule has 1 amide bonds. The van der Waals surface area contributed by atoms with E-state index >= 15 is 0 Å². The summed E-state index contributed by atoms with van der Waals surface area (Å²) in [7, 11) is -3.85. The summed E-state index contributed by atoms with van der Waals surface area (Å²) < 4.78 is 118. The van der Waals surface area contributed by atoms with Gasteiger partial charge < -0.3 is 5.32 Å². The first-order valence-corrected chi connectivity index (χ1v) is 13.1. The zero-order chi connectivity index (χ0) is 27.8. The number of nitrogens with one attached hydrogen (secondary N) is 1. The summed E-state index contributed by atoms with van der Waals surface area (Å²) in [5.41, 5.74) is -2.14. The Morgan fingerprint density at radius 1 is 1.03 bits per heavy atom. The molecule has 2 aromatic rings. The molecule has 13 heteroatoms. The number of halogens is 7. The van der Waals surface area contributed by atoms with Crippen LogP contribution in [0.3, 0.4) is 0 Å². The standard InChI is InChI=1S/C24H25F7N2O3S/c1-14-10-18(25)5-6-19(14)20-4-3-9-33(37(2,35)36)21(20)22(34)32-8-7-15-11-16(23(26,27)28)13-17(12-15)24(29,30)31/h5-6,10-13,20-21H,3-4,7-9H2,1-2H3,(H,32,34). The molecule has 0 spiro atoms. The van der Waals surface area contributed by atoms with Crippen molar-refractivity contribution in [3.05, 3.63) is 70.0 Å². The van der Waals surface area contributed by atoms with Crippen molar-refractivity contribution in [2.24, 2.45) is 0 Å². The Hall–Kier alpha value is -2.67. The molecule has 1 fully saturated rings. The second kappa shape index (κ2) is 10.6. The monoisotopic (exact) mass is 554 g/mol. The van der Waals surface area contributed by atoms with E-state index in [9.17, 15) is 43.9 Å². The van der Waals surface area contributed by atoms with Gasteiger partial charge in [0.25, 0.3) is 0 Å². The van der Waals surface area contributed by atoms with Crippen LogP contribution in [0.1, 0.15) is 46.6 Å². The van der Waals surface area contributed by atoms with E-state index in [1.165, 1.54) is 18.2 Å². The lowest BCUT2D eigenvalue weighted by molar-refractivity contribution is -0.143. The first-order chi connectivity index (χ1) is 17.0. The van der Waals surface area contributed by atoms with Crippen LogP contribution in [0.4, 0.5) is 30.7 Å². The predicted molar refractivity (Wildman–Crippen MR) is 122 cm³/mol. The van der Waals surface area contributed by atoms with Crippen LogP contribution in [0.5, 0.6) is 0 Å². The zero-order valence-electron chi connectivity index (χ0n) is 19.9. The molecule has 0 radical (unpaired) electrons. The lowest BCUT2D eigenvalue weighted by atomic mass is 9.82. The minimum Gasteiger partial charge on any atom is -0.354 e. The lowest BCUT2D eigenvalue weighted by Gasteiger charge is -2.39. The van der Waals surface area contributed by atoms with Gasteiger partial charge in [-0.15, -0.1) is 0 Å². The van der Waals surface area contributed by atoms with Crippen LogP contribution in [-0.2, 0) is 33.6 Å². The molecule has 37 heavy (non-hydrogen) atoms. The third-order valence-corrected chi connectivity index (χ3v) is 7.53. The van der Waals surface area contributed by atoms with Gasteiger partial charge in [-0.05, 0) is 73.2 Å². The number of benzene rings is 2. The molecule has 1 heterocycles. The molecule has 3 rings (SSSR count). The Bertz CT molecular complexity index is 1230. The third kappa shape index (κ3) is 7.01. The van der Waals surface area contributed by atoms with Crippen LogP contribution < -0.4 is 5.32 Å². The number of sulfonamides is 1. The minimum absolute atomic E-state index is 0.0176. The summed E-state index contributed by atoms with van der Waals surface area (Å²) in [4.78, 5) is 13.2. The van der Waals surface area contributed by atoms with Gasteiger partial charge in [-0.1, -0.05) is 6.07 Å². The van der Waals surface area contributed by atoms with Crippen LogP contribution in [0, 0.1) is 12.7 Å². The number of piperidine rings is 1. The van der Waals surface area contributed by atoms with Crippen LogP contribution in [0.2, 0.25) is 0 Å². The van der Waals surface area contributed by atoms with E-state index < -0.39 is 57.2 Å². The second-order valence-corrected chi connectivity index (χ2v) is 11.0. The van der Waals surface area contributed by atoms with E-state index in [0.29, 0.717) is 36.1 Å². The number of carbonyl (C=O) groups excluding carboxylic acids is 1. The summed E-state index contributed by atoms with van der Waals surface area (Å²) in [6.45, 7) is 1.34. The Morgan fingerprint density at radius 2 is 1.62 bits per heavy atom. The molecule has 1 aliphatic rings. The molecule has 0 bridgehead atoms. The van der Waals surface area contributed by atoms with Crippen molar-refractivity contribution in [3.63, 3.8) is 0 Å². The van der Waals surface area contributed by atoms with E-state index in [1.54, 1.807) is 6.92 Å². The number of alkyl halides is 6. The molecule has 0 aromatic heterocycles. The minimum atomic E-state index is -5.00. The summed E-state index contributed by atoms with van der Waals surface area (Å²) in [6.07, 6.45) is -8.57. The average molecular weight is 555 g/mol. The maximum atomic E-state index is 13.6. The quantitative estimate of drug-likeness (QED) is 0.509. The van der Waals surface area contributed by atoms with E-state index in [-0.39, 0.29) is 31.1 Å². The first kappa shape index (κ1) is 28.9. The highest BCUT2D eigenvalue weighted by atomic mass is 32.2. The summed E-state index contributed by atoms with van der Waals surface area (Å²) in [5.74, 6) is -1.88. The van der Waals surface area contributed by atoms with Crippen LogP contribution in [0.25, 0.3) is 0 Å². The molecule has 0 aliphatic carbocycles. The van der Waals surface area contributed by atoms with E-state index in [0.717, 1.165) is 10.6 Å². The highest BCUT2D eigenvalue weighted by molar-refractivity contribution is 7.88. The summed E-state index contributed by atoms with van der Waals surface area (Å²) in [5, 5.41) is 2.47. The zero-order valence-corrected chi connectivity index (χ0v) is 20.7. The summed E-state index contributed by atoms with van der Waals surface area (Å²) in [6, 6.07) is 3.88. The fourth-order valence-electron chi connectivity index (χ4n) is 4.63. The van der Waals surface area contributed by atoms with Gasteiger partial charge in [-0.2, -0.15) is 30.6 Å². The molecule has 2 unspecified atom stereocenters. The third-order valence-electron chi connectivity index (χ3n) is 6.27. The fraction of sp³-hybridized carbons (Fsp3) is 0.458. The molecule has 1 saturated heterocycles. The van der Waals surface area contributed by atoms with Gasteiger partial charge in [-0.3, -0.25) is 4.79 Å². The van der Waals surface area contributed by atoms with Crippen LogP contribution in [0.15, 0.2) is 36.4 Å². The van der Waals surface area contributed by atoms with Crippen molar-refractivity contribution in [2.75, 3.05) is 19.3 Å². The number of carbonyl (C=O) groups is 1.